The van der Waals surface area contributed by atoms with Crippen molar-refractivity contribution in [3.63, 3.8) is 0 Å². The average molecular weight is 515 g/mol. The number of aromatic nitrogens is 5. The van der Waals surface area contributed by atoms with Crippen LogP contribution in [-0.2, 0) is 17.7 Å². The summed E-state index contributed by atoms with van der Waals surface area (Å²) < 4.78 is 19.1. The van der Waals surface area contributed by atoms with Crippen LogP contribution in [0, 0.1) is 5.82 Å². The molecule has 194 valence electrons. The van der Waals surface area contributed by atoms with E-state index < -0.39 is 5.82 Å². The highest BCUT2D eigenvalue weighted by molar-refractivity contribution is 5.66. The third-order valence-corrected chi connectivity index (χ3v) is 6.76. The summed E-state index contributed by atoms with van der Waals surface area (Å²) in [6.07, 6.45) is 3.10. The zero-order valence-electron chi connectivity index (χ0n) is 20.9. The summed E-state index contributed by atoms with van der Waals surface area (Å²) in [5.41, 5.74) is 3.56. The first-order valence-corrected chi connectivity index (χ1v) is 12.6. The number of ether oxygens (including phenoxy) is 1. The normalized spacial score (nSPS) is 17.3. The van der Waals surface area contributed by atoms with Gasteiger partial charge in [0.1, 0.15) is 11.6 Å². The van der Waals surface area contributed by atoms with E-state index in [9.17, 15) is 9.18 Å². The van der Waals surface area contributed by atoms with E-state index in [1.54, 1.807) is 12.1 Å². The number of H-pyrrole nitrogens is 1. The Hall–Kier alpha value is -4.38. The molecule has 0 saturated carbocycles. The van der Waals surface area contributed by atoms with Crippen LogP contribution in [0.15, 0.2) is 59.7 Å². The molecule has 11 heteroatoms. The van der Waals surface area contributed by atoms with Crippen molar-refractivity contribution >= 4 is 23.3 Å². The van der Waals surface area contributed by atoms with Crippen molar-refractivity contribution in [2.24, 2.45) is 0 Å². The smallest absolute Gasteiger partial charge is 0.249 e. The molecule has 0 amide bonds. The molecule has 1 aromatic carbocycles. The molecule has 5 heterocycles. The number of morpholine rings is 1. The molecule has 1 unspecified atom stereocenters. The number of anilines is 4. The van der Waals surface area contributed by atoms with Crippen molar-refractivity contribution in [3.05, 3.63) is 82.3 Å². The van der Waals surface area contributed by atoms with Crippen LogP contribution in [0.1, 0.15) is 18.2 Å². The van der Waals surface area contributed by atoms with Crippen LogP contribution in [0.2, 0.25) is 0 Å². The lowest BCUT2D eigenvalue weighted by Gasteiger charge is -2.37. The zero-order valence-corrected chi connectivity index (χ0v) is 20.9. The van der Waals surface area contributed by atoms with E-state index >= 15 is 0 Å². The molecule has 1 saturated heterocycles. The third kappa shape index (κ3) is 4.92. The van der Waals surface area contributed by atoms with Crippen LogP contribution >= 0.6 is 0 Å². The Labute approximate surface area is 218 Å². The SMILES string of the molecule is CC1COCCN1c1nc(-c2ccc(Nc3cccc(=O)[nH]3)cc2)nc2c1CCN(c1ncc(F)cn1)C2. The third-order valence-electron chi connectivity index (χ3n) is 6.76. The predicted octanol–water partition coefficient (Wildman–Crippen LogP) is 3.29. The molecular weight excluding hydrogens is 487 g/mol. The van der Waals surface area contributed by atoms with Gasteiger partial charge in [-0.1, -0.05) is 6.07 Å². The fourth-order valence-electron chi connectivity index (χ4n) is 4.84. The highest BCUT2D eigenvalue weighted by Crippen LogP contribution is 2.32. The second-order valence-corrected chi connectivity index (χ2v) is 9.42. The van der Waals surface area contributed by atoms with Gasteiger partial charge in [-0.3, -0.25) is 4.79 Å². The minimum atomic E-state index is -0.462. The Balaban J connectivity index is 1.34. The Morgan fingerprint density at radius 2 is 1.89 bits per heavy atom. The number of benzene rings is 1. The molecule has 0 bridgehead atoms. The second kappa shape index (κ2) is 10.2. The fraction of sp³-hybridized carbons (Fsp3) is 0.296. The van der Waals surface area contributed by atoms with Crippen LogP contribution in [0.5, 0.6) is 0 Å². The number of hydrogen-bond acceptors (Lipinski definition) is 9. The largest absolute Gasteiger partial charge is 0.377 e. The van der Waals surface area contributed by atoms with Crippen molar-refractivity contribution in [1.82, 2.24) is 24.9 Å². The monoisotopic (exact) mass is 514 g/mol. The number of halogens is 1. The van der Waals surface area contributed by atoms with Crippen molar-refractivity contribution in [3.8, 4) is 11.4 Å². The Morgan fingerprint density at radius 3 is 2.66 bits per heavy atom. The van der Waals surface area contributed by atoms with E-state index in [1.807, 2.05) is 29.2 Å². The minimum absolute atomic E-state index is 0.168. The van der Waals surface area contributed by atoms with E-state index in [4.69, 9.17) is 14.7 Å². The predicted molar refractivity (Wildman–Crippen MR) is 142 cm³/mol. The van der Waals surface area contributed by atoms with Crippen molar-refractivity contribution < 1.29 is 9.13 Å². The van der Waals surface area contributed by atoms with Gasteiger partial charge in [0, 0.05) is 36.0 Å². The molecule has 3 aromatic heterocycles. The Morgan fingerprint density at radius 1 is 1.08 bits per heavy atom. The highest BCUT2D eigenvalue weighted by Gasteiger charge is 2.29. The summed E-state index contributed by atoms with van der Waals surface area (Å²) >= 11 is 0. The number of nitrogens with one attached hydrogen (secondary N) is 2. The first-order chi connectivity index (χ1) is 18.5. The molecule has 38 heavy (non-hydrogen) atoms. The molecule has 2 aliphatic heterocycles. The van der Waals surface area contributed by atoms with Gasteiger partial charge in [0.25, 0.3) is 0 Å². The lowest BCUT2D eigenvalue weighted by atomic mass is 10.0. The van der Waals surface area contributed by atoms with E-state index in [2.05, 4.69) is 32.1 Å². The van der Waals surface area contributed by atoms with E-state index in [-0.39, 0.29) is 11.6 Å². The Kier molecular flexibility index (Phi) is 6.42. The summed E-state index contributed by atoms with van der Waals surface area (Å²) in [5, 5.41) is 3.20. The summed E-state index contributed by atoms with van der Waals surface area (Å²) in [7, 11) is 0. The van der Waals surface area contributed by atoms with Crippen molar-refractivity contribution in [2.75, 3.05) is 41.4 Å². The summed E-state index contributed by atoms with van der Waals surface area (Å²) in [5.74, 6) is 2.19. The Bertz CT molecular complexity index is 1490. The van der Waals surface area contributed by atoms with Gasteiger partial charge in [-0.2, -0.15) is 0 Å². The van der Waals surface area contributed by atoms with Crippen LogP contribution < -0.4 is 20.7 Å². The summed E-state index contributed by atoms with van der Waals surface area (Å²) in [4.78, 5) is 37.0. The maximum absolute atomic E-state index is 13.4. The minimum Gasteiger partial charge on any atom is -0.377 e. The van der Waals surface area contributed by atoms with E-state index in [0.29, 0.717) is 43.9 Å². The standard InChI is InChI=1S/C27H27FN8O2/c1-17-16-38-12-11-36(17)26-21-9-10-35(27-29-13-19(28)14-30-27)15-22(21)32-25(34-26)18-5-7-20(8-6-18)31-23-3-2-4-24(37)33-23/h2-8,13-14,17H,9-12,15-16H2,1H3,(H2,31,33,37). The average Bonchev–Trinajstić information content (AvgIpc) is 2.93. The topological polar surface area (TPSA) is 112 Å². The molecule has 0 radical (unpaired) electrons. The zero-order chi connectivity index (χ0) is 26.1. The number of aromatic amines is 1. The van der Waals surface area contributed by atoms with Gasteiger partial charge in [-0.05, 0) is 43.7 Å². The fourth-order valence-corrected chi connectivity index (χ4v) is 4.84. The number of nitrogens with zero attached hydrogens (tertiary/aromatic N) is 6. The molecule has 6 rings (SSSR count). The summed E-state index contributed by atoms with van der Waals surface area (Å²) in [6, 6.07) is 12.9. The number of hydrogen-bond donors (Lipinski definition) is 2. The molecule has 1 fully saturated rings. The lowest BCUT2D eigenvalue weighted by Crippen LogP contribution is -2.45. The van der Waals surface area contributed by atoms with Gasteiger partial charge in [0.05, 0.1) is 43.9 Å². The van der Waals surface area contributed by atoms with Gasteiger partial charge < -0.3 is 24.8 Å². The molecule has 10 nitrogen and oxygen atoms in total. The molecule has 1 atom stereocenters. The second-order valence-electron chi connectivity index (χ2n) is 9.42. The van der Waals surface area contributed by atoms with Gasteiger partial charge >= 0.3 is 0 Å². The van der Waals surface area contributed by atoms with Crippen LogP contribution in [0.25, 0.3) is 11.4 Å². The van der Waals surface area contributed by atoms with Gasteiger partial charge in [-0.25, -0.2) is 24.3 Å². The van der Waals surface area contributed by atoms with Crippen LogP contribution in [-0.4, -0.2) is 57.3 Å². The molecular formula is C27H27FN8O2. The van der Waals surface area contributed by atoms with E-state index in [0.717, 1.165) is 41.3 Å². The van der Waals surface area contributed by atoms with Crippen molar-refractivity contribution in [2.45, 2.75) is 25.9 Å². The maximum Gasteiger partial charge on any atom is 0.249 e. The molecule has 2 aliphatic rings. The molecule has 0 spiro atoms. The lowest BCUT2D eigenvalue weighted by molar-refractivity contribution is 0.0984. The van der Waals surface area contributed by atoms with Crippen LogP contribution in [0.3, 0.4) is 0 Å². The van der Waals surface area contributed by atoms with Gasteiger partial charge in [-0.15, -0.1) is 0 Å². The van der Waals surface area contributed by atoms with Crippen LogP contribution in [0.4, 0.5) is 27.7 Å². The first-order valence-electron chi connectivity index (χ1n) is 12.6. The maximum atomic E-state index is 13.4. The summed E-state index contributed by atoms with van der Waals surface area (Å²) in [6.45, 7) is 5.38. The first kappa shape index (κ1) is 24.0. The number of rotatable bonds is 5. The number of pyridine rings is 1. The molecule has 4 aromatic rings. The van der Waals surface area contributed by atoms with Gasteiger partial charge in [0.2, 0.25) is 11.5 Å². The molecule has 0 aliphatic carbocycles. The number of fused-ring (bicyclic) bond motifs is 1. The van der Waals surface area contributed by atoms with Gasteiger partial charge in [0.15, 0.2) is 11.6 Å². The quantitative estimate of drug-likeness (QED) is 0.414. The highest BCUT2D eigenvalue weighted by atomic mass is 19.1. The van der Waals surface area contributed by atoms with E-state index in [1.165, 1.54) is 18.5 Å². The van der Waals surface area contributed by atoms with Crippen molar-refractivity contribution in [1.29, 1.82) is 0 Å². The molecule has 2 N–H and O–H groups in total.